The third-order valence-corrected chi connectivity index (χ3v) is 6.31. The number of methoxy groups -OCH3 is 2. The van der Waals surface area contributed by atoms with Gasteiger partial charge in [0.2, 0.25) is 11.7 Å². The quantitative estimate of drug-likeness (QED) is 0.330. The van der Waals surface area contributed by atoms with Gasteiger partial charge in [-0.05, 0) is 12.5 Å². The first-order valence-corrected chi connectivity index (χ1v) is 11.6. The highest BCUT2D eigenvalue weighted by atomic mass is 35.5. The molecule has 1 unspecified atom stereocenters. The number of halogens is 3. The molecule has 1 aromatic carbocycles. The monoisotopic (exact) mass is 524 g/mol. The summed E-state index contributed by atoms with van der Waals surface area (Å²) in [5, 5.41) is 1.06. The molecule has 10 nitrogen and oxygen atoms in total. The van der Waals surface area contributed by atoms with Crippen molar-refractivity contribution in [1.29, 1.82) is 0 Å². The SMILES string of the molecule is CCc1nccnc1-c1c(Cl)ccc2c(S(=O)Nc3nc(OC)c(OC(F)F)c(OC)n3)c[nH]c12. The average Bonchev–Trinajstić information content (AvgIpc) is 3.28. The topological polar surface area (TPSA) is 124 Å². The van der Waals surface area contributed by atoms with Crippen LogP contribution < -0.4 is 18.9 Å². The number of benzene rings is 1. The molecule has 184 valence electrons. The fraction of sp³-hybridized carbons (Fsp3) is 0.238. The number of hydrogen-bond donors (Lipinski definition) is 2. The Kier molecular flexibility index (Phi) is 7.26. The third kappa shape index (κ3) is 4.82. The Balaban J connectivity index is 1.73. The van der Waals surface area contributed by atoms with Crippen LogP contribution in [0.15, 0.2) is 35.6 Å². The molecule has 4 aromatic rings. The molecule has 2 N–H and O–H groups in total. The Bertz CT molecular complexity index is 1380. The van der Waals surface area contributed by atoms with Gasteiger partial charge >= 0.3 is 6.61 Å². The molecule has 0 aliphatic carbocycles. The summed E-state index contributed by atoms with van der Waals surface area (Å²) in [7, 11) is 0.543. The van der Waals surface area contributed by atoms with E-state index in [0.717, 1.165) is 5.69 Å². The molecule has 0 aliphatic heterocycles. The van der Waals surface area contributed by atoms with Crippen molar-refractivity contribution >= 4 is 39.4 Å². The van der Waals surface area contributed by atoms with Gasteiger partial charge in [0, 0.05) is 29.5 Å². The lowest BCUT2D eigenvalue weighted by molar-refractivity contribution is -0.0533. The lowest BCUT2D eigenvalue weighted by atomic mass is 10.1. The number of nitrogens with one attached hydrogen (secondary N) is 2. The first-order valence-electron chi connectivity index (χ1n) is 10.1. The normalized spacial score (nSPS) is 12.1. The molecule has 0 saturated heterocycles. The second kappa shape index (κ2) is 10.4. The maximum atomic E-state index is 13.2. The molecule has 0 fully saturated rings. The lowest BCUT2D eigenvalue weighted by Crippen LogP contribution is -2.12. The molecule has 0 radical (unpaired) electrons. The van der Waals surface area contributed by atoms with E-state index in [1.807, 2.05) is 6.92 Å². The largest absolute Gasteiger partial charge is 0.478 e. The lowest BCUT2D eigenvalue weighted by Gasteiger charge is -2.13. The Morgan fingerprint density at radius 2 is 1.83 bits per heavy atom. The van der Waals surface area contributed by atoms with Gasteiger partial charge in [0.1, 0.15) is 0 Å². The van der Waals surface area contributed by atoms with Crippen LogP contribution in [0, 0.1) is 0 Å². The molecule has 0 bridgehead atoms. The summed E-state index contributed by atoms with van der Waals surface area (Å²) < 4.78 is 55.8. The molecular formula is C21H19ClF2N6O4S. The number of fused-ring (bicyclic) bond motifs is 1. The number of nitrogens with zero attached hydrogens (tertiary/aromatic N) is 4. The van der Waals surface area contributed by atoms with Crippen LogP contribution in [0.25, 0.3) is 22.2 Å². The predicted octanol–water partition coefficient (Wildman–Crippen LogP) is 4.38. The number of alkyl halides is 2. The van der Waals surface area contributed by atoms with Crippen LogP contribution >= 0.6 is 11.6 Å². The first kappa shape index (κ1) is 24.5. The fourth-order valence-electron chi connectivity index (χ4n) is 3.43. The zero-order valence-corrected chi connectivity index (χ0v) is 20.2. The minimum Gasteiger partial charge on any atom is -0.478 e. The summed E-state index contributed by atoms with van der Waals surface area (Å²) in [4.78, 5) is 20.2. The molecule has 0 amide bonds. The van der Waals surface area contributed by atoms with Gasteiger partial charge in [0.05, 0.1) is 41.0 Å². The highest BCUT2D eigenvalue weighted by Gasteiger charge is 2.23. The summed E-state index contributed by atoms with van der Waals surface area (Å²) in [6.07, 6.45) is 5.38. The zero-order chi connectivity index (χ0) is 25.1. The van der Waals surface area contributed by atoms with Crippen LogP contribution in [0.5, 0.6) is 17.5 Å². The van der Waals surface area contributed by atoms with E-state index in [9.17, 15) is 13.0 Å². The highest BCUT2D eigenvalue weighted by Crippen LogP contribution is 2.38. The van der Waals surface area contributed by atoms with Gasteiger partial charge in [0.25, 0.3) is 11.8 Å². The molecule has 3 aromatic heterocycles. The maximum Gasteiger partial charge on any atom is 0.387 e. The zero-order valence-electron chi connectivity index (χ0n) is 18.6. The number of anilines is 1. The highest BCUT2D eigenvalue weighted by molar-refractivity contribution is 7.86. The third-order valence-electron chi connectivity index (χ3n) is 4.89. The van der Waals surface area contributed by atoms with Crippen molar-refractivity contribution in [3.05, 3.63) is 41.4 Å². The average molecular weight is 525 g/mol. The van der Waals surface area contributed by atoms with Crippen molar-refractivity contribution in [2.45, 2.75) is 24.9 Å². The van der Waals surface area contributed by atoms with E-state index in [4.69, 9.17) is 21.1 Å². The number of hydrogen-bond acceptors (Lipinski definition) is 8. The van der Waals surface area contributed by atoms with Crippen molar-refractivity contribution in [2.75, 3.05) is 18.9 Å². The number of aryl methyl sites for hydroxylation is 1. The number of ether oxygens (including phenoxy) is 3. The summed E-state index contributed by atoms with van der Waals surface area (Å²) in [6, 6.07) is 3.40. The Hall–Kier alpha value is -3.58. The molecular weight excluding hydrogens is 506 g/mol. The van der Waals surface area contributed by atoms with E-state index in [0.29, 0.717) is 38.5 Å². The summed E-state index contributed by atoms with van der Waals surface area (Å²) >= 11 is 6.51. The van der Waals surface area contributed by atoms with E-state index in [2.05, 4.69) is 34.4 Å². The first-order chi connectivity index (χ1) is 16.9. The molecule has 3 heterocycles. The molecule has 1 atom stereocenters. The van der Waals surface area contributed by atoms with Crippen LogP contribution in [-0.2, 0) is 17.4 Å². The van der Waals surface area contributed by atoms with Crippen LogP contribution in [-0.4, -0.2) is 50.0 Å². The minimum absolute atomic E-state index is 0.190. The van der Waals surface area contributed by atoms with Crippen molar-refractivity contribution in [3.8, 4) is 28.8 Å². The molecule has 4 rings (SSSR count). The van der Waals surface area contributed by atoms with Crippen molar-refractivity contribution in [2.24, 2.45) is 0 Å². The van der Waals surface area contributed by atoms with Crippen LogP contribution in [0.1, 0.15) is 12.6 Å². The summed E-state index contributed by atoms with van der Waals surface area (Å²) in [5.74, 6) is -1.31. The second-order valence-electron chi connectivity index (χ2n) is 6.85. The molecule has 0 spiro atoms. The Morgan fingerprint density at radius 1 is 1.14 bits per heavy atom. The maximum absolute atomic E-state index is 13.2. The van der Waals surface area contributed by atoms with Gasteiger partial charge < -0.3 is 19.2 Å². The van der Waals surface area contributed by atoms with Crippen molar-refractivity contribution in [3.63, 3.8) is 0 Å². The van der Waals surface area contributed by atoms with Gasteiger partial charge in [-0.25, -0.2) is 4.21 Å². The van der Waals surface area contributed by atoms with Crippen LogP contribution in [0.2, 0.25) is 5.02 Å². The smallest absolute Gasteiger partial charge is 0.387 e. The standard InChI is InChI=1S/C21H19ClF2N6O4S/c1-4-12-16(26-8-7-25-12)14-11(22)6-5-10-13(9-27-15(10)14)35(31)30-21-28-18(32-2)17(34-20(23)24)19(29-21)33-3/h5-9,20,27H,4H2,1-3H3,(H,28,29,30). The van der Waals surface area contributed by atoms with Gasteiger partial charge in [-0.1, -0.05) is 24.6 Å². The van der Waals surface area contributed by atoms with Gasteiger partial charge in [0.15, 0.2) is 11.0 Å². The number of H-pyrrole nitrogens is 1. The molecule has 0 saturated carbocycles. The fourth-order valence-corrected chi connectivity index (χ4v) is 4.58. The Labute approximate surface area is 205 Å². The second-order valence-corrected chi connectivity index (χ2v) is 8.44. The van der Waals surface area contributed by atoms with Gasteiger partial charge in [-0.3, -0.25) is 14.7 Å². The summed E-state index contributed by atoms with van der Waals surface area (Å²) in [6.45, 7) is -1.19. The van der Waals surface area contributed by atoms with Crippen molar-refractivity contribution in [1.82, 2.24) is 24.9 Å². The predicted molar refractivity (Wildman–Crippen MR) is 126 cm³/mol. The molecule has 35 heavy (non-hydrogen) atoms. The van der Waals surface area contributed by atoms with E-state index in [1.54, 1.807) is 30.7 Å². The van der Waals surface area contributed by atoms with E-state index in [-0.39, 0.29) is 17.7 Å². The number of aromatic amines is 1. The van der Waals surface area contributed by atoms with Crippen molar-refractivity contribution < 1.29 is 27.2 Å². The number of rotatable bonds is 9. The minimum atomic E-state index is -3.15. The van der Waals surface area contributed by atoms with E-state index >= 15 is 0 Å². The van der Waals surface area contributed by atoms with Gasteiger partial charge in [-0.2, -0.15) is 18.7 Å². The van der Waals surface area contributed by atoms with E-state index < -0.39 is 23.3 Å². The van der Waals surface area contributed by atoms with Crippen LogP contribution in [0.4, 0.5) is 14.7 Å². The van der Waals surface area contributed by atoms with E-state index in [1.165, 1.54) is 14.2 Å². The molecule has 0 aliphatic rings. The van der Waals surface area contributed by atoms with Crippen LogP contribution in [0.3, 0.4) is 0 Å². The molecule has 14 heteroatoms. The van der Waals surface area contributed by atoms with Gasteiger partial charge in [-0.15, -0.1) is 0 Å². The summed E-state index contributed by atoms with van der Waals surface area (Å²) in [5.41, 5.74) is 2.63. The Morgan fingerprint density at radius 3 is 2.46 bits per heavy atom. The number of aromatic nitrogens is 5.